The second-order valence-corrected chi connectivity index (χ2v) is 10.3. The zero-order chi connectivity index (χ0) is 19.8. The van der Waals surface area contributed by atoms with E-state index in [-0.39, 0.29) is 6.04 Å². The van der Waals surface area contributed by atoms with Crippen LogP contribution in [0.5, 0.6) is 0 Å². The second-order valence-electron chi connectivity index (χ2n) is 7.20. The van der Waals surface area contributed by atoms with E-state index in [4.69, 9.17) is 4.74 Å². The number of piperidine rings is 1. The van der Waals surface area contributed by atoms with Gasteiger partial charge in [0, 0.05) is 19.7 Å². The lowest BCUT2D eigenvalue weighted by molar-refractivity contribution is 0.127. The van der Waals surface area contributed by atoms with Gasteiger partial charge in [-0.2, -0.15) is 4.31 Å². The van der Waals surface area contributed by atoms with E-state index >= 15 is 0 Å². The molecule has 0 N–H and O–H groups in total. The second kappa shape index (κ2) is 10.5. The maximum atomic E-state index is 13.1. The average Bonchev–Trinajstić information content (AvgIpc) is 3.26. The molecule has 1 fully saturated rings. The monoisotopic (exact) mass is 422 g/mol. The normalized spacial score (nSPS) is 16.6. The third kappa shape index (κ3) is 5.64. The van der Waals surface area contributed by atoms with Crippen LogP contribution in [-0.4, -0.2) is 63.6 Å². The minimum atomic E-state index is -3.45. The van der Waals surface area contributed by atoms with E-state index in [1.807, 2.05) is 11.4 Å². The van der Waals surface area contributed by atoms with Gasteiger partial charge in [-0.15, -0.1) is 11.3 Å². The summed E-state index contributed by atoms with van der Waals surface area (Å²) in [6.45, 7) is 3.79. The zero-order valence-electron chi connectivity index (χ0n) is 16.5. The Morgan fingerprint density at radius 1 is 1.14 bits per heavy atom. The van der Waals surface area contributed by atoms with Gasteiger partial charge in [0.25, 0.3) is 10.0 Å². The van der Waals surface area contributed by atoms with Crippen LogP contribution in [0.2, 0.25) is 0 Å². The van der Waals surface area contributed by atoms with Crippen molar-refractivity contribution in [3.8, 4) is 0 Å². The Balaban J connectivity index is 1.53. The molecule has 0 bridgehead atoms. The molecule has 0 spiro atoms. The molecule has 0 saturated carbocycles. The van der Waals surface area contributed by atoms with E-state index in [0.29, 0.717) is 17.4 Å². The number of thiophene rings is 1. The van der Waals surface area contributed by atoms with Crippen molar-refractivity contribution >= 4 is 21.4 Å². The average molecular weight is 423 g/mol. The van der Waals surface area contributed by atoms with Crippen molar-refractivity contribution in [2.24, 2.45) is 0 Å². The van der Waals surface area contributed by atoms with E-state index < -0.39 is 10.0 Å². The summed E-state index contributed by atoms with van der Waals surface area (Å²) < 4.78 is 33.4. The van der Waals surface area contributed by atoms with Crippen molar-refractivity contribution in [1.82, 2.24) is 9.21 Å². The van der Waals surface area contributed by atoms with Gasteiger partial charge >= 0.3 is 0 Å². The van der Waals surface area contributed by atoms with E-state index in [2.05, 4.69) is 29.2 Å². The predicted octanol–water partition coefficient (Wildman–Crippen LogP) is 3.48. The molecule has 2 heterocycles. The molecule has 154 valence electrons. The minimum absolute atomic E-state index is 0.0487. The van der Waals surface area contributed by atoms with Crippen molar-refractivity contribution in [2.75, 3.05) is 39.9 Å². The molecular weight excluding hydrogens is 392 g/mol. The van der Waals surface area contributed by atoms with Crippen molar-refractivity contribution < 1.29 is 13.2 Å². The molecule has 0 amide bonds. The summed E-state index contributed by atoms with van der Waals surface area (Å²) in [6.07, 6.45) is 3.97. The van der Waals surface area contributed by atoms with E-state index in [9.17, 15) is 8.42 Å². The summed E-state index contributed by atoms with van der Waals surface area (Å²) in [6, 6.07) is 14.1. The van der Waals surface area contributed by atoms with Crippen LogP contribution in [0.25, 0.3) is 0 Å². The van der Waals surface area contributed by atoms with E-state index in [0.717, 1.165) is 45.3 Å². The molecule has 0 radical (unpaired) electrons. The molecule has 1 aliphatic heterocycles. The lowest BCUT2D eigenvalue weighted by atomic mass is 10.0. The number of likely N-dealkylation sites (tertiary alicyclic amines) is 1. The molecule has 0 aliphatic carbocycles. The van der Waals surface area contributed by atoms with Gasteiger partial charge in [-0.3, -0.25) is 0 Å². The number of ether oxygens (including phenoxy) is 1. The lowest BCUT2D eigenvalue weighted by Gasteiger charge is -2.37. The van der Waals surface area contributed by atoms with Crippen LogP contribution in [0.1, 0.15) is 24.8 Å². The summed E-state index contributed by atoms with van der Waals surface area (Å²) in [5, 5.41) is 1.82. The van der Waals surface area contributed by atoms with Gasteiger partial charge in [0.2, 0.25) is 0 Å². The van der Waals surface area contributed by atoms with Crippen LogP contribution in [-0.2, 0) is 21.2 Å². The summed E-state index contributed by atoms with van der Waals surface area (Å²) in [5.41, 5.74) is 1.38. The number of rotatable bonds is 10. The first-order valence-corrected chi connectivity index (χ1v) is 12.2. The van der Waals surface area contributed by atoms with Crippen LogP contribution in [0, 0.1) is 0 Å². The standard InChI is InChI=1S/C21H30N2O3S2/c1-26-17-16-23(28(24,25)21-10-6-18-27-21)20-11-14-22(15-12-20)13-5-9-19-7-3-2-4-8-19/h2-4,6-8,10,18,20H,5,9,11-17H2,1H3. The van der Waals surface area contributed by atoms with Gasteiger partial charge in [-0.25, -0.2) is 8.42 Å². The quantitative estimate of drug-likeness (QED) is 0.588. The van der Waals surface area contributed by atoms with Gasteiger partial charge in [0.1, 0.15) is 4.21 Å². The Bertz CT molecular complexity index is 786. The molecule has 7 heteroatoms. The fraction of sp³-hybridized carbons (Fsp3) is 0.524. The molecule has 0 atom stereocenters. The van der Waals surface area contributed by atoms with Gasteiger partial charge in [0.05, 0.1) is 6.61 Å². The van der Waals surface area contributed by atoms with Crippen LogP contribution in [0.3, 0.4) is 0 Å². The summed E-state index contributed by atoms with van der Waals surface area (Å²) in [4.78, 5) is 2.46. The molecule has 1 aliphatic rings. The molecular formula is C21H30N2O3S2. The van der Waals surface area contributed by atoms with E-state index in [1.165, 1.54) is 16.9 Å². The highest BCUT2D eigenvalue weighted by molar-refractivity contribution is 7.91. The Morgan fingerprint density at radius 3 is 2.54 bits per heavy atom. The number of nitrogens with zero attached hydrogens (tertiary/aromatic N) is 2. The number of sulfonamides is 1. The molecule has 28 heavy (non-hydrogen) atoms. The fourth-order valence-corrected chi connectivity index (χ4v) is 6.58. The Hall–Kier alpha value is -1.25. The van der Waals surface area contributed by atoms with Crippen molar-refractivity contribution in [2.45, 2.75) is 35.9 Å². The van der Waals surface area contributed by atoms with E-state index in [1.54, 1.807) is 23.5 Å². The maximum Gasteiger partial charge on any atom is 0.252 e. The van der Waals surface area contributed by atoms with Gasteiger partial charge < -0.3 is 9.64 Å². The smallest absolute Gasteiger partial charge is 0.252 e. The molecule has 1 aromatic heterocycles. The Kier molecular flexibility index (Phi) is 8.05. The molecule has 0 unspecified atom stereocenters. The summed E-state index contributed by atoms with van der Waals surface area (Å²) in [5.74, 6) is 0. The third-order valence-electron chi connectivity index (χ3n) is 5.32. The number of hydrogen-bond acceptors (Lipinski definition) is 5. The lowest BCUT2D eigenvalue weighted by Crippen LogP contribution is -2.48. The Morgan fingerprint density at radius 2 is 1.89 bits per heavy atom. The molecule has 2 aromatic rings. The fourth-order valence-electron chi connectivity index (χ4n) is 3.79. The largest absolute Gasteiger partial charge is 0.383 e. The molecule has 5 nitrogen and oxygen atoms in total. The van der Waals surface area contributed by atoms with Crippen LogP contribution < -0.4 is 0 Å². The Labute approximate surface area is 173 Å². The van der Waals surface area contributed by atoms with Gasteiger partial charge in [0.15, 0.2) is 0 Å². The highest BCUT2D eigenvalue weighted by Gasteiger charge is 2.33. The minimum Gasteiger partial charge on any atom is -0.383 e. The maximum absolute atomic E-state index is 13.1. The number of hydrogen-bond donors (Lipinski definition) is 0. The predicted molar refractivity (Wildman–Crippen MR) is 114 cm³/mol. The number of benzene rings is 1. The van der Waals surface area contributed by atoms with Crippen molar-refractivity contribution in [1.29, 1.82) is 0 Å². The topological polar surface area (TPSA) is 49.9 Å². The first-order valence-electron chi connectivity index (χ1n) is 9.92. The highest BCUT2D eigenvalue weighted by atomic mass is 32.2. The van der Waals surface area contributed by atoms with Crippen LogP contribution in [0.15, 0.2) is 52.1 Å². The van der Waals surface area contributed by atoms with Crippen molar-refractivity contribution in [3.05, 3.63) is 53.4 Å². The summed E-state index contributed by atoms with van der Waals surface area (Å²) in [7, 11) is -1.83. The number of methoxy groups -OCH3 is 1. The molecule has 3 rings (SSSR count). The van der Waals surface area contributed by atoms with Gasteiger partial charge in [-0.1, -0.05) is 36.4 Å². The van der Waals surface area contributed by atoms with Crippen LogP contribution >= 0.6 is 11.3 Å². The molecule has 1 aromatic carbocycles. The third-order valence-corrected chi connectivity index (χ3v) is 8.65. The van der Waals surface area contributed by atoms with Gasteiger partial charge in [-0.05, 0) is 62.3 Å². The SMILES string of the molecule is COCCN(C1CCN(CCCc2ccccc2)CC1)S(=O)(=O)c1cccs1. The number of aryl methyl sites for hydroxylation is 1. The first kappa shape index (κ1) is 21.5. The first-order chi connectivity index (χ1) is 13.6. The van der Waals surface area contributed by atoms with Crippen molar-refractivity contribution in [3.63, 3.8) is 0 Å². The zero-order valence-corrected chi connectivity index (χ0v) is 18.1. The summed E-state index contributed by atoms with van der Waals surface area (Å²) >= 11 is 1.28. The molecule has 1 saturated heterocycles. The highest BCUT2D eigenvalue weighted by Crippen LogP contribution is 2.27. The van der Waals surface area contributed by atoms with Crippen LogP contribution in [0.4, 0.5) is 0 Å².